The molecule has 90 valence electrons. The van der Waals surface area contributed by atoms with E-state index in [1.165, 1.54) is 12.1 Å². The second-order valence-electron chi connectivity index (χ2n) is 3.63. The number of hydrogen-bond donors (Lipinski definition) is 1. The van der Waals surface area contributed by atoms with Crippen molar-refractivity contribution >= 4 is 17.4 Å². The maximum Gasteiger partial charge on any atom is 0.123 e. The molecule has 0 fully saturated rings. The molecule has 0 aliphatic rings. The third-order valence-corrected chi connectivity index (χ3v) is 3.18. The fourth-order valence-electron chi connectivity index (χ4n) is 1.41. The van der Waals surface area contributed by atoms with Gasteiger partial charge in [0, 0.05) is 36.1 Å². The zero-order valence-electron chi connectivity index (χ0n) is 9.56. The number of aromatic nitrogens is 2. The molecule has 0 saturated heterocycles. The van der Waals surface area contributed by atoms with Crippen LogP contribution in [0.1, 0.15) is 0 Å². The molecule has 0 saturated carbocycles. The summed E-state index contributed by atoms with van der Waals surface area (Å²) in [5.41, 5.74) is 0.943. The maximum atomic E-state index is 12.7. The van der Waals surface area contributed by atoms with Crippen molar-refractivity contribution in [2.24, 2.45) is 7.05 Å². The van der Waals surface area contributed by atoms with Gasteiger partial charge in [-0.2, -0.15) is 5.10 Å². The van der Waals surface area contributed by atoms with Crippen LogP contribution in [-0.2, 0) is 7.05 Å². The molecule has 0 bridgehead atoms. The standard InChI is InChI=1S/C12H14FN3S/c1-16-9-12(8-15-16)17-7-6-14-11-4-2-10(13)3-5-11/h2-5,8-9,14H,6-7H2,1H3. The molecular formula is C12H14FN3S. The van der Waals surface area contributed by atoms with Crippen LogP contribution in [-0.4, -0.2) is 22.1 Å². The van der Waals surface area contributed by atoms with Crippen LogP contribution >= 0.6 is 11.8 Å². The SMILES string of the molecule is Cn1cc(SCCNc2ccc(F)cc2)cn1. The first-order valence-electron chi connectivity index (χ1n) is 5.35. The zero-order valence-corrected chi connectivity index (χ0v) is 10.4. The van der Waals surface area contributed by atoms with Crippen molar-refractivity contribution in [2.45, 2.75) is 4.90 Å². The van der Waals surface area contributed by atoms with E-state index in [1.807, 2.05) is 19.4 Å². The Balaban J connectivity index is 1.71. The van der Waals surface area contributed by atoms with Crippen LogP contribution in [0.5, 0.6) is 0 Å². The first-order chi connectivity index (χ1) is 8.24. The molecule has 1 aromatic carbocycles. The molecule has 0 radical (unpaired) electrons. The van der Waals surface area contributed by atoms with E-state index in [0.717, 1.165) is 22.9 Å². The van der Waals surface area contributed by atoms with E-state index in [4.69, 9.17) is 0 Å². The van der Waals surface area contributed by atoms with E-state index < -0.39 is 0 Å². The molecule has 1 N–H and O–H groups in total. The number of thioether (sulfide) groups is 1. The molecule has 0 spiro atoms. The van der Waals surface area contributed by atoms with Crippen LogP contribution in [0.4, 0.5) is 10.1 Å². The van der Waals surface area contributed by atoms with E-state index in [9.17, 15) is 4.39 Å². The lowest BCUT2D eigenvalue weighted by molar-refractivity contribution is 0.628. The van der Waals surface area contributed by atoms with Gasteiger partial charge >= 0.3 is 0 Å². The number of aryl methyl sites for hydroxylation is 1. The predicted octanol–water partition coefficient (Wildman–Crippen LogP) is 2.76. The van der Waals surface area contributed by atoms with E-state index >= 15 is 0 Å². The van der Waals surface area contributed by atoms with Crippen molar-refractivity contribution in [3.63, 3.8) is 0 Å². The smallest absolute Gasteiger partial charge is 0.123 e. The van der Waals surface area contributed by atoms with Crippen molar-refractivity contribution in [1.82, 2.24) is 9.78 Å². The van der Waals surface area contributed by atoms with E-state index in [1.54, 1.807) is 28.6 Å². The molecule has 0 aliphatic heterocycles. The number of hydrogen-bond acceptors (Lipinski definition) is 3. The minimum atomic E-state index is -0.208. The van der Waals surface area contributed by atoms with Crippen LogP contribution in [0.15, 0.2) is 41.6 Å². The summed E-state index contributed by atoms with van der Waals surface area (Å²) >= 11 is 1.74. The highest BCUT2D eigenvalue weighted by Gasteiger charge is 1.97. The number of benzene rings is 1. The minimum absolute atomic E-state index is 0.208. The molecule has 2 aromatic rings. The fraction of sp³-hybridized carbons (Fsp3) is 0.250. The number of nitrogens with one attached hydrogen (secondary N) is 1. The van der Waals surface area contributed by atoms with Crippen molar-refractivity contribution in [3.05, 3.63) is 42.5 Å². The van der Waals surface area contributed by atoms with Gasteiger partial charge in [-0.05, 0) is 24.3 Å². The first-order valence-corrected chi connectivity index (χ1v) is 6.33. The second kappa shape index (κ2) is 5.72. The molecular weight excluding hydrogens is 237 g/mol. The van der Waals surface area contributed by atoms with Crippen LogP contribution in [0.25, 0.3) is 0 Å². The summed E-state index contributed by atoms with van der Waals surface area (Å²) < 4.78 is 14.4. The number of nitrogens with zero attached hydrogens (tertiary/aromatic N) is 2. The minimum Gasteiger partial charge on any atom is -0.384 e. The molecule has 0 amide bonds. The van der Waals surface area contributed by atoms with Gasteiger partial charge in [-0.3, -0.25) is 4.68 Å². The quantitative estimate of drug-likeness (QED) is 0.654. The van der Waals surface area contributed by atoms with E-state index in [-0.39, 0.29) is 5.82 Å². The van der Waals surface area contributed by atoms with E-state index in [0.29, 0.717) is 0 Å². The first kappa shape index (κ1) is 12.0. The van der Waals surface area contributed by atoms with Crippen molar-refractivity contribution in [3.8, 4) is 0 Å². The van der Waals surface area contributed by atoms with Gasteiger partial charge in [0.05, 0.1) is 6.20 Å². The van der Waals surface area contributed by atoms with Crippen molar-refractivity contribution in [1.29, 1.82) is 0 Å². The number of anilines is 1. The fourth-order valence-corrected chi connectivity index (χ4v) is 2.19. The molecule has 1 heterocycles. The Morgan fingerprint density at radius 2 is 2.12 bits per heavy atom. The highest BCUT2D eigenvalue weighted by atomic mass is 32.2. The van der Waals surface area contributed by atoms with Crippen molar-refractivity contribution in [2.75, 3.05) is 17.6 Å². The Bertz CT molecular complexity index is 467. The van der Waals surface area contributed by atoms with Gasteiger partial charge in [-0.1, -0.05) is 0 Å². The number of rotatable bonds is 5. The summed E-state index contributed by atoms with van der Waals surface area (Å²) in [6, 6.07) is 6.39. The highest BCUT2D eigenvalue weighted by molar-refractivity contribution is 7.99. The second-order valence-corrected chi connectivity index (χ2v) is 4.80. The average molecular weight is 251 g/mol. The monoisotopic (exact) mass is 251 g/mol. The maximum absolute atomic E-state index is 12.7. The molecule has 0 aliphatic carbocycles. The lowest BCUT2D eigenvalue weighted by atomic mass is 10.3. The Kier molecular flexibility index (Phi) is 4.03. The summed E-state index contributed by atoms with van der Waals surface area (Å²) in [5, 5.41) is 7.33. The third kappa shape index (κ3) is 3.78. The Labute approximate surface area is 104 Å². The van der Waals surface area contributed by atoms with Gasteiger partial charge in [0.1, 0.15) is 5.82 Å². The average Bonchev–Trinajstić information content (AvgIpc) is 2.73. The Morgan fingerprint density at radius 1 is 1.35 bits per heavy atom. The molecule has 0 atom stereocenters. The van der Waals surface area contributed by atoms with Crippen LogP contribution in [0, 0.1) is 5.82 Å². The van der Waals surface area contributed by atoms with Gasteiger partial charge in [-0.25, -0.2) is 4.39 Å². The molecule has 2 rings (SSSR count). The molecule has 3 nitrogen and oxygen atoms in total. The van der Waals surface area contributed by atoms with Crippen LogP contribution in [0.2, 0.25) is 0 Å². The normalized spacial score (nSPS) is 10.5. The number of halogens is 1. The molecule has 5 heteroatoms. The highest BCUT2D eigenvalue weighted by Crippen LogP contribution is 2.16. The summed E-state index contributed by atoms with van der Waals surface area (Å²) in [5.74, 6) is 0.739. The van der Waals surface area contributed by atoms with E-state index in [2.05, 4.69) is 10.4 Å². The van der Waals surface area contributed by atoms with Gasteiger partial charge < -0.3 is 5.32 Å². The summed E-state index contributed by atoms with van der Waals surface area (Å²) in [6.07, 6.45) is 3.84. The molecule has 17 heavy (non-hydrogen) atoms. The third-order valence-electron chi connectivity index (χ3n) is 2.23. The van der Waals surface area contributed by atoms with Crippen molar-refractivity contribution < 1.29 is 4.39 Å². The predicted molar refractivity (Wildman–Crippen MR) is 68.8 cm³/mol. The molecule has 0 unspecified atom stereocenters. The summed E-state index contributed by atoms with van der Waals surface area (Å²) in [6.45, 7) is 0.838. The van der Waals surface area contributed by atoms with Gasteiger partial charge in [0.25, 0.3) is 0 Å². The van der Waals surface area contributed by atoms with Crippen LogP contribution < -0.4 is 5.32 Å². The zero-order chi connectivity index (χ0) is 12.1. The van der Waals surface area contributed by atoms with Gasteiger partial charge in [0.15, 0.2) is 0 Å². The topological polar surface area (TPSA) is 29.9 Å². The Hall–Kier alpha value is -1.49. The summed E-state index contributed by atoms with van der Waals surface area (Å²) in [7, 11) is 1.90. The Morgan fingerprint density at radius 3 is 2.76 bits per heavy atom. The largest absolute Gasteiger partial charge is 0.384 e. The lowest BCUT2D eigenvalue weighted by Crippen LogP contribution is -2.03. The van der Waals surface area contributed by atoms with Gasteiger partial charge in [0.2, 0.25) is 0 Å². The van der Waals surface area contributed by atoms with Gasteiger partial charge in [-0.15, -0.1) is 11.8 Å². The lowest BCUT2D eigenvalue weighted by Gasteiger charge is -2.04. The summed E-state index contributed by atoms with van der Waals surface area (Å²) in [4.78, 5) is 1.16. The molecule has 1 aromatic heterocycles. The van der Waals surface area contributed by atoms with Crippen LogP contribution in [0.3, 0.4) is 0 Å².